The molecule has 1 unspecified atom stereocenters. The topological polar surface area (TPSA) is 75.6 Å². The van der Waals surface area contributed by atoms with E-state index in [4.69, 9.17) is 21.4 Å². The number of hydrogen-bond donors (Lipinski definition) is 2. The smallest absolute Gasteiger partial charge is 0.391 e. The van der Waals surface area contributed by atoms with Crippen molar-refractivity contribution >= 4 is 29.6 Å². The second kappa shape index (κ2) is 6.49. The van der Waals surface area contributed by atoms with Crippen LogP contribution in [0.15, 0.2) is 23.8 Å². The lowest BCUT2D eigenvalue weighted by Gasteiger charge is -2.20. The molecule has 1 heterocycles. The maximum absolute atomic E-state index is 12.3. The van der Waals surface area contributed by atoms with Gasteiger partial charge in [-0.15, -0.1) is 0 Å². The van der Waals surface area contributed by atoms with Gasteiger partial charge in [-0.1, -0.05) is 11.6 Å². The second-order valence-corrected chi connectivity index (χ2v) is 5.26. The van der Waals surface area contributed by atoms with Gasteiger partial charge in [-0.05, 0) is 24.3 Å². The first-order chi connectivity index (χ1) is 10.7. The fourth-order valence-corrected chi connectivity index (χ4v) is 2.14. The highest BCUT2D eigenvalue weighted by Gasteiger charge is 2.36. The number of alkyl halides is 3. The van der Waals surface area contributed by atoms with Crippen molar-refractivity contribution in [1.82, 2.24) is 5.32 Å². The Morgan fingerprint density at radius 2 is 2.09 bits per heavy atom. The van der Waals surface area contributed by atoms with Crippen LogP contribution in [0.2, 0.25) is 5.02 Å². The van der Waals surface area contributed by atoms with Crippen LogP contribution in [0.25, 0.3) is 6.08 Å². The van der Waals surface area contributed by atoms with E-state index in [9.17, 15) is 22.8 Å². The minimum atomic E-state index is -4.71. The molecule has 0 saturated heterocycles. The van der Waals surface area contributed by atoms with Crippen LogP contribution in [0.3, 0.4) is 0 Å². The molecule has 5 nitrogen and oxygen atoms in total. The molecule has 0 radical (unpaired) electrons. The molecular formula is C14H11ClF3NO4. The first kappa shape index (κ1) is 17.1. The molecule has 23 heavy (non-hydrogen) atoms. The zero-order valence-corrected chi connectivity index (χ0v) is 12.2. The van der Waals surface area contributed by atoms with Crippen molar-refractivity contribution in [1.29, 1.82) is 0 Å². The summed E-state index contributed by atoms with van der Waals surface area (Å²) in [5.41, 5.74) is 0.491. The molecule has 2 N–H and O–H groups in total. The summed E-state index contributed by atoms with van der Waals surface area (Å²) in [6.07, 6.45) is -4.98. The molecule has 1 aliphatic rings. The van der Waals surface area contributed by atoms with Crippen LogP contribution < -0.4 is 10.1 Å². The van der Waals surface area contributed by atoms with Crippen LogP contribution in [0.1, 0.15) is 12.0 Å². The molecule has 1 aromatic rings. The lowest BCUT2D eigenvalue weighted by atomic mass is 10.1. The van der Waals surface area contributed by atoms with Crippen LogP contribution in [-0.2, 0) is 9.59 Å². The molecule has 124 valence electrons. The number of nitrogens with one attached hydrogen (secondary N) is 1. The predicted molar refractivity (Wildman–Crippen MR) is 75.2 cm³/mol. The molecule has 0 fully saturated rings. The lowest BCUT2D eigenvalue weighted by Crippen LogP contribution is -2.44. The summed E-state index contributed by atoms with van der Waals surface area (Å²) in [6.45, 7) is -0.182. The van der Waals surface area contributed by atoms with Gasteiger partial charge < -0.3 is 15.2 Å². The molecule has 0 bridgehead atoms. The number of carboxylic acids is 1. The summed E-state index contributed by atoms with van der Waals surface area (Å²) >= 11 is 5.81. The number of carbonyl (C=O) groups excluding carboxylic acids is 1. The highest BCUT2D eigenvalue weighted by atomic mass is 35.5. The van der Waals surface area contributed by atoms with Crippen LogP contribution in [0.5, 0.6) is 5.75 Å². The summed E-state index contributed by atoms with van der Waals surface area (Å²) in [6, 6.07) is 2.63. The van der Waals surface area contributed by atoms with Crippen molar-refractivity contribution in [3.8, 4) is 5.75 Å². The van der Waals surface area contributed by atoms with E-state index in [1.54, 1.807) is 12.1 Å². The number of aliphatic carboxylic acids is 1. The van der Waals surface area contributed by atoms with E-state index in [1.807, 2.05) is 5.32 Å². The maximum Gasteiger partial charge on any atom is 0.391 e. The minimum absolute atomic E-state index is 0.00758. The number of fused-ring (bicyclic) bond motifs is 1. The van der Waals surface area contributed by atoms with Crippen molar-refractivity contribution in [2.24, 2.45) is 0 Å². The predicted octanol–water partition coefficient (Wildman–Crippen LogP) is 2.64. The van der Waals surface area contributed by atoms with Gasteiger partial charge in [-0.2, -0.15) is 13.2 Å². The SMILES string of the molecule is O=C(NC(CC(F)(F)F)C(=O)O)C1=Cc2cc(Cl)ccc2OC1. The number of rotatable bonds is 4. The van der Waals surface area contributed by atoms with Crippen molar-refractivity contribution in [2.45, 2.75) is 18.6 Å². The molecule has 1 amide bonds. The molecule has 9 heteroatoms. The Bertz CT molecular complexity index is 672. The van der Waals surface area contributed by atoms with Gasteiger partial charge in [-0.25, -0.2) is 4.79 Å². The number of benzene rings is 1. The standard InChI is InChI=1S/C14H11ClF3NO4/c15-9-1-2-11-7(4-9)3-8(6-23-11)12(20)19-10(13(21)22)5-14(16,17)18/h1-4,10H,5-6H2,(H,19,20)(H,21,22). The van der Waals surface area contributed by atoms with E-state index >= 15 is 0 Å². The largest absolute Gasteiger partial charge is 0.488 e. The highest BCUT2D eigenvalue weighted by molar-refractivity contribution is 6.30. The number of ether oxygens (including phenoxy) is 1. The Balaban J connectivity index is 2.15. The van der Waals surface area contributed by atoms with Gasteiger partial charge >= 0.3 is 12.1 Å². The molecule has 0 spiro atoms. The number of carbonyl (C=O) groups is 2. The third-order valence-corrected chi connectivity index (χ3v) is 3.25. The zero-order chi connectivity index (χ0) is 17.2. The van der Waals surface area contributed by atoms with Crippen molar-refractivity contribution in [2.75, 3.05) is 6.61 Å². The van der Waals surface area contributed by atoms with E-state index in [2.05, 4.69) is 0 Å². The quantitative estimate of drug-likeness (QED) is 0.876. The van der Waals surface area contributed by atoms with Crippen LogP contribution in [0.4, 0.5) is 13.2 Å². The minimum Gasteiger partial charge on any atom is -0.488 e. The number of amides is 1. The lowest BCUT2D eigenvalue weighted by molar-refractivity contribution is -0.159. The Morgan fingerprint density at radius 3 is 2.70 bits per heavy atom. The molecule has 0 saturated carbocycles. The fraction of sp³-hybridized carbons (Fsp3) is 0.286. The van der Waals surface area contributed by atoms with Gasteiger partial charge in [0, 0.05) is 10.6 Å². The van der Waals surface area contributed by atoms with Gasteiger partial charge in [0.15, 0.2) is 0 Å². The summed E-state index contributed by atoms with van der Waals surface area (Å²) in [7, 11) is 0. The van der Waals surface area contributed by atoms with E-state index in [-0.39, 0.29) is 12.2 Å². The second-order valence-electron chi connectivity index (χ2n) is 4.82. The van der Waals surface area contributed by atoms with E-state index in [0.29, 0.717) is 16.3 Å². The molecule has 1 aromatic carbocycles. The fourth-order valence-electron chi connectivity index (χ4n) is 1.96. The van der Waals surface area contributed by atoms with Crippen LogP contribution in [0, 0.1) is 0 Å². The maximum atomic E-state index is 12.3. The molecule has 1 aliphatic heterocycles. The first-order valence-electron chi connectivity index (χ1n) is 6.39. The number of hydrogen-bond acceptors (Lipinski definition) is 3. The van der Waals surface area contributed by atoms with E-state index in [0.717, 1.165) is 0 Å². The van der Waals surface area contributed by atoms with Crippen molar-refractivity contribution in [3.05, 3.63) is 34.4 Å². The van der Waals surface area contributed by atoms with Gasteiger partial charge in [0.2, 0.25) is 0 Å². The number of halogens is 4. The summed E-state index contributed by atoms with van der Waals surface area (Å²) in [5, 5.41) is 11.0. The zero-order valence-electron chi connectivity index (χ0n) is 11.5. The Hall–Kier alpha value is -2.22. The Morgan fingerprint density at radius 1 is 1.39 bits per heavy atom. The summed E-state index contributed by atoms with van der Waals surface area (Å²) in [4.78, 5) is 22.8. The molecule has 0 aromatic heterocycles. The van der Waals surface area contributed by atoms with Crippen molar-refractivity contribution < 1.29 is 32.6 Å². The van der Waals surface area contributed by atoms with Gasteiger partial charge in [-0.3, -0.25) is 4.79 Å². The van der Waals surface area contributed by atoms with E-state index < -0.39 is 30.5 Å². The average molecular weight is 350 g/mol. The van der Waals surface area contributed by atoms with Crippen molar-refractivity contribution in [3.63, 3.8) is 0 Å². The monoisotopic (exact) mass is 349 g/mol. The first-order valence-corrected chi connectivity index (χ1v) is 6.77. The summed E-state index contributed by atoms with van der Waals surface area (Å²) in [5.74, 6) is -2.24. The molecule has 2 rings (SSSR count). The third kappa shape index (κ3) is 4.62. The average Bonchev–Trinajstić information content (AvgIpc) is 2.44. The molecule has 0 aliphatic carbocycles. The molecular weight excluding hydrogens is 339 g/mol. The molecule has 1 atom stereocenters. The van der Waals surface area contributed by atoms with Gasteiger partial charge in [0.1, 0.15) is 18.4 Å². The van der Waals surface area contributed by atoms with E-state index in [1.165, 1.54) is 12.1 Å². The van der Waals surface area contributed by atoms with Crippen LogP contribution >= 0.6 is 11.6 Å². The Labute approximate surface area is 133 Å². The van der Waals surface area contributed by atoms with Gasteiger partial charge in [0.05, 0.1) is 12.0 Å². The van der Waals surface area contributed by atoms with Crippen LogP contribution in [-0.4, -0.2) is 35.8 Å². The Kier molecular flexibility index (Phi) is 4.84. The van der Waals surface area contributed by atoms with Gasteiger partial charge in [0.25, 0.3) is 5.91 Å². The highest BCUT2D eigenvalue weighted by Crippen LogP contribution is 2.29. The normalized spacial score (nSPS) is 15.0. The third-order valence-electron chi connectivity index (χ3n) is 3.02. The number of carboxylic acid groups (broad SMARTS) is 1. The summed E-state index contributed by atoms with van der Waals surface area (Å²) < 4.78 is 42.3.